The third kappa shape index (κ3) is 4.60. The Bertz CT molecular complexity index is 3040. The molecule has 0 atom stereocenters. The Labute approximate surface area is 301 Å². The van der Waals surface area contributed by atoms with E-state index in [0.717, 1.165) is 44.7 Å². The van der Waals surface area contributed by atoms with Gasteiger partial charge in [0.1, 0.15) is 11.3 Å². The molecule has 0 aliphatic carbocycles. The van der Waals surface area contributed by atoms with Crippen LogP contribution < -0.4 is 0 Å². The first-order valence-electron chi connectivity index (χ1n) is 17.7. The van der Waals surface area contributed by atoms with E-state index >= 15 is 0 Å². The molecule has 0 amide bonds. The second-order valence-electron chi connectivity index (χ2n) is 13.4. The lowest BCUT2D eigenvalue weighted by molar-refractivity contribution is 0.577. The van der Waals surface area contributed by atoms with Crippen LogP contribution in [0, 0.1) is 6.92 Å². The lowest BCUT2D eigenvalue weighted by Gasteiger charge is -2.13. The normalized spacial score (nSPS) is 12.1. The molecule has 0 saturated carbocycles. The molecule has 0 saturated heterocycles. The summed E-state index contributed by atoms with van der Waals surface area (Å²) < 4.78 is 11.0. The van der Waals surface area contributed by atoms with Crippen LogP contribution in [-0.4, -0.2) is 9.13 Å². The van der Waals surface area contributed by atoms with Gasteiger partial charge in [-0.3, -0.25) is 0 Å². The van der Waals surface area contributed by atoms with E-state index in [4.69, 9.17) is 4.42 Å². The lowest BCUT2D eigenvalue weighted by Crippen LogP contribution is -1.99. The van der Waals surface area contributed by atoms with E-state index in [-0.39, 0.29) is 0 Å². The molecule has 0 unspecified atom stereocenters. The molecule has 0 aliphatic heterocycles. The van der Waals surface area contributed by atoms with Gasteiger partial charge in [0.05, 0.1) is 27.8 Å². The van der Waals surface area contributed by atoms with Gasteiger partial charge in [0.15, 0.2) is 0 Å². The minimum Gasteiger partial charge on any atom is -0.461 e. The molecule has 0 aliphatic rings. The van der Waals surface area contributed by atoms with Crippen molar-refractivity contribution in [2.75, 3.05) is 0 Å². The molecule has 0 spiro atoms. The second kappa shape index (κ2) is 11.9. The fraction of sp³-hybridized carbons (Fsp3) is 0.0204. The predicted molar refractivity (Wildman–Crippen MR) is 219 cm³/mol. The van der Waals surface area contributed by atoms with Crippen LogP contribution >= 0.6 is 0 Å². The van der Waals surface area contributed by atoms with Crippen molar-refractivity contribution in [2.24, 2.45) is 0 Å². The van der Waals surface area contributed by atoms with Crippen LogP contribution in [0.3, 0.4) is 0 Å². The smallest absolute Gasteiger partial charge is 0.134 e. The van der Waals surface area contributed by atoms with Gasteiger partial charge in [0.2, 0.25) is 0 Å². The molecular weight excluding hydrogens is 633 g/mol. The Morgan fingerprint density at radius 2 is 1.06 bits per heavy atom. The van der Waals surface area contributed by atoms with Gasteiger partial charge < -0.3 is 13.6 Å². The Morgan fingerprint density at radius 1 is 0.500 bits per heavy atom. The third-order valence-corrected chi connectivity index (χ3v) is 10.4. The predicted octanol–water partition coefficient (Wildman–Crippen LogP) is 13.4. The van der Waals surface area contributed by atoms with Gasteiger partial charge in [0.25, 0.3) is 0 Å². The van der Waals surface area contributed by atoms with Crippen molar-refractivity contribution >= 4 is 60.3 Å². The van der Waals surface area contributed by atoms with Crippen LogP contribution in [0.25, 0.3) is 88.2 Å². The van der Waals surface area contributed by atoms with E-state index in [0.29, 0.717) is 0 Å². The maximum atomic E-state index is 6.26. The molecule has 52 heavy (non-hydrogen) atoms. The first kappa shape index (κ1) is 30.0. The number of aromatic nitrogens is 2. The zero-order valence-corrected chi connectivity index (χ0v) is 28.8. The van der Waals surface area contributed by atoms with Crippen LogP contribution in [-0.2, 0) is 0 Å². The van der Waals surface area contributed by atoms with E-state index in [1.165, 1.54) is 54.8 Å². The standard InChI is InChI=1S/C49H34N2O/c1-3-14-47(49-32(2)52-48-24-12-9-21-40(48)49)51-44-23-11-8-20-39(44)42-31-36(26-28-46(42)51)35-25-27-45-41(30-35)38-19-7-10-22-43(38)50(45)37-18-13-17-34(29-37)33-15-5-4-6-16-33/h3-31H,1H2,2H3/b47-14+. The first-order chi connectivity index (χ1) is 25.7. The Kier molecular flexibility index (Phi) is 6.87. The molecule has 3 aromatic heterocycles. The van der Waals surface area contributed by atoms with E-state index in [9.17, 15) is 0 Å². The van der Waals surface area contributed by atoms with Gasteiger partial charge >= 0.3 is 0 Å². The SMILES string of the molecule is C=C/C=C(\c1c(C)oc2ccccc12)n1c2ccccc2c2cc(-c3ccc4c(c3)c3ccccc3n4-c3cccc(-c4ccccc4)c3)ccc21. The van der Waals surface area contributed by atoms with E-state index in [1.807, 2.05) is 25.1 Å². The third-order valence-electron chi connectivity index (χ3n) is 10.4. The van der Waals surface area contributed by atoms with Crippen molar-refractivity contribution in [3.05, 3.63) is 194 Å². The van der Waals surface area contributed by atoms with Crippen molar-refractivity contribution in [3.8, 4) is 27.9 Å². The van der Waals surface area contributed by atoms with Crippen LogP contribution in [0.1, 0.15) is 11.3 Å². The number of hydrogen-bond acceptors (Lipinski definition) is 1. The first-order valence-corrected chi connectivity index (χ1v) is 17.7. The zero-order valence-electron chi connectivity index (χ0n) is 28.8. The fourth-order valence-electron chi connectivity index (χ4n) is 8.17. The molecular formula is C49H34N2O. The molecule has 0 fully saturated rings. The monoisotopic (exact) mass is 666 g/mol. The van der Waals surface area contributed by atoms with Crippen molar-refractivity contribution in [2.45, 2.75) is 6.92 Å². The van der Waals surface area contributed by atoms with Crippen molar-refractivity contribution < 1.29 is 4.42 Å². The second-order valence-corrected chi connectivity index (χ2v) is 13.4. The minimum absolute atomic E-state index is 0.883. The van der Waals surface area contributed by atoms with Gasteiger partial charge in [0, 0.05) is 38.2 Å². The maximum Gasteiger partial charge on any atom is 0.134 e. The number of benzene rings is 7. The van der Waals surface area contributed by atoms with Crippen molar-refractivity contribution in [1.29, 1.82) is 0 Å². The highest BCUT2D eigenvalue weighted by Gasteiger charge is 2.21. The molecule has 0 radical (unpaired) electrons. The van der Waals surface area contributed by atoms with Crippen molar-refractivity contribution in [1.82, 2.24) is 9.13 Å². The van der Waals surface area contributed by atoms with Crippen molar-refractivity contribution in [3.63, 3.8) is 0 Å². The topological polar surface area (TPSA) is 23.0 Å². The fourth-order valence-corrected chi connectivity index (χ4v) is 8.17. The number of furan rings is 1. The average molecular weight is 667 g/mol. The summed E-state index contributed by atoms with van der Waals surface area (Å²) >= 11 is 0. The summed E-state index contributed by atoms with van der Waals surface area (Å²) in [4.78, 5) is 0. The highest BCUT2D eigenvalue weighted by molar-refractivity contribution is 6.14. The summed E-state index contributed by atoms with van der Waals surface area (Å²) in [6, 6.07) is 58.9. The van der Waals surface area contributed by atoms with Crippen LogP contribution in [0.5, 0.6) is 0 Å². The largest absolute Gasteiger partial charge is 0.461 e. The van der Waals surface area contributed by atoms with Crippen LogP contribution in [0.4, 0.5) is 0 Å². The van der Waals surface area contributed by atoms with Crippen LogP contribution in [0.2, 0.25) is 0 Å². The molecule has 10 rings (SSSR count). The average Bonchev–Trinajstić information content (AvgIpc) is 3.83. The highest BCUT2D eigenvalue weighted by atomic mass is 16.3. The molecule has 246 valence electrons. The summed E-state index contributed by atoms with van der Waals surface area (Å²) in [5.74, 6) is 0.885. The summed E-state index contributed by atoms with van der Waals surface area (Å²) in [6.07, 6.45) is 3.97. The van der Waals surface area contributed by atoms with Gasteiger partial charge in [-0.05, 0) is 89.9 Å². The summed E-state index contributed by atoms with van der Waals surface area (Å²) in [7, 11) is 0. The Balaban J connectivity index is 1.15. The van der Waals surface area contributed by atoms with E-state index in [2.05, 4.69) is 173 Å². The number of para-hydroxylation sites is 3. The lowest BCUT2D eigenvalue weighted by atomic mass is 10.0. The number of aryl methyl sites for hydroxylation is 1. The quantitative estimate of drug-likeness (QED) is 0.162. The molecule has 3 heteroatoms. The van der Waals surface area contributed by atoms with Gasteiger partial charge in [-0.1, -0.05) is 122 Å². The molecule has 10 aromatic rings. The summed E-state index contributed by atoms with van der Waals surface area (Å²) in [6.45, 7) is 6.15. The highest BCUT2D eigenvalue weighted by Crippen LogP contribution is 2.41. The van der Waals surface area contributed by atoms with Gasteiger partial charge in [-0.2, -0.15) is 0 Å². The van der Waals surface area contributed by atoms with Gasteiger partial charge in [-0.25, -0.2) is 0 Å². The molecule has 3 nitrogen and oxygen atoms in total. The summed E-state index contributed by atoms with van der Waals surface area (Å²) in [5.41, 5.74) is 13.6. The number of allylic oxidation sites excluding steroid dienone is 2. The number of hydrogen-bond donors (Lipinski definition) is 0. The molecule has 0 N–H and O–H groups in total. The number of rotatable bonds is 6. The zero-order chi connectivity index (χ0) is 34.8. The molecule has 7 aromatic carbocycles. The Morgan fingerprint density at radius 3 is 1.83 bits per heavy atom. The molecule has 3 heterocycles. The number of nitrogens with zero attached hydrogens (tertiary/aromatic N) is 2. The number of fused-ring (bicyclic) bond motifs is 7. The van der Waals surface area contributed by atoms with E-state index < -0.39 is 0 Å². The minimum atomic E-state index is 0.883. The van der Waals surface area contributed by atoms with Gasteiger partial charge in [-0.15, -0.1) is 0 Å². The maximum absolute atomic E-state index is 6.26. The van der Waals surface area contributed by atoms with Crippen LogP contribution in [0.15, 0.2) is 187 Å². The Hall–Kier alpha value is -6.84. The summed E-state index contributed by atoms with van der Waals surface area (Å²) in [5, 5.41) is 5.97. The van der Waals surface area contributed by atoms with E-state index in [1.54, 1.807) is 0 Å². The molecule has 0 bridgehead atoms.